The molecule has 0 aromatic heterocycles. The Morgan fingerprint density at radius 2 is 1.88 bits per heavy atom. The molecule has 0 aromatic rings. The highest BCUT2D eigenvalue weighted by atomic mass is 32.1. The van der Waals surface area contributed by atoms with Crippen LogP contribution >= 0.6 is 12.6 Å². The molecule has 0 bridgehead atoms. The number of carbonyl (C=O) groups excluding carboxylic acids is 1. The van der Waals surface area contributed by atoms with Crippen LogP contribution in [-0.2, 0) is 4.79 Å². The molecule has 0 radical (unpaired) electrons. The summed E-state index contributed by atoms with van der Waals surface area (Å²) in [6, 6.07) is 0. The summed E-state index contributed by atoms with van der Waals surface area (Å²) in [6.45, 7) is 5.20. The first kappa shape index (κ1) is 15.9. The maximum Gasteiger partial charge on any atom is 0.143 e. The van der Waals surface area contributed by atoms with Crippen molar-refractivity contribution in [2.45, 2.75) is 32.6 Å². The van der Waals surface area contributed by atoms with Gasteiger partial charge in [0.1, 0.15) is 5.78 Å². The van der Waals surface area contributed by atoms with Gasteiger partial charge in [0.05, 0.1) is 6.54 Å². The Labute approximate surface area is 105 Å². The highest BCUT2D eigenvalue weighted by Crippen LogP contribution is 2.02. The summed E-state index contributed by atoms with van der Waals surface area (Å²) < 4.78 is 0. The summed E-state index contributed by atoms with van der Waals surface area (Å²) in [5.41, 5.74) is 0. The summed E-state index contributed by atoms with van der Waals surface area (Å²) in [7, 11) is 1.94. The van der Waals surface area contributed by atoms with E-state index >= 15 is 0 Å². The number of thiol groups is 1. The molecule has 0 heterocycles. The van der Waals surface area contributed by atoms with Gasteiger partial charge in [-0.25, -0.2) is 0 Å². The van der Waals surface area contributed by atoms with Crippen LogP contribution in [0.25, 0.3) is 0 Å². The van der Waals surface area contributed by atoms with E-state index in [9.17, 15) is 4.79 Å². The zero-order valence-corrected chi connectivity index (χ0v) is 11.6. The van der Waals surface area contributed by atoms with Crippen molar-refractivity contribution in [2.24, 2.45) is 0 Å². The van der Waals surface area contributed by atoms with Gasteiger partial charge in [-0.15, -0.1) is 0 Å². The number of nitrogens with zero attached hydrogens (tertiary/aromatic N) is 1. The molecule has 0 unspecified atom stereocenters. The van der Waals surface area contributed by atoms with E-state index in [0.717, 1.165) is 25.4 Å². The van der Waals surface area contributed by atoms with E-state index in [-0.39, 0.29) is 5.78 Å². The molecule has 0 aromatic carbocycles. The van der Waals surface area contributed by atoms with Crippen LogP contribution in [0.5, 0.6) is 0 Å². The van der Waals surface area contributed by atoms with Crippen molar-refractivity contribution in [3.8, 4) is 0 Å². The normalized spacial score (nSPS) is 11.0. The molecule has 0 saturated carbocycles. The van der Waals surface area contributed by atoms with E-state index in [1.54, 1.807) is 6.92 Å². The summed E-state index contributed by atoms with van der Waals surface area (Å²) in [6.07, 6.45) is 4.88. The highest BCUT2D eigenvalue weighted by Gasteiger charge is 2.06. The smallest absolute Gasteiger partial charge is 0.143 e. The SMILES string of the molecule is CNCCN(CCCCCCS)CC(C)=O. The van der Waals surface area contributed by atoms with Crippen molar-refractivity contribution in [3.63, 3.8) is 0 Å². The van der Waals surface area contributed by atoms with Gasteiger partial charge in [0, 0.05) is 13.1 Å². The molecule has 0 atom stereocenters. The van der Waals surface area contributed by atoms with Crippen LogP contribution in [0.4, 0.5) is 0 Å². The fourth-order valence-corrected chi connectivity index (χ4v) is 1.88. The van der Waals surface area contributed by atoms with Crippen LogP contribution in [-0.4, -0.2) is 49.7 Å². The van der Waals surface area contributed by atoms with Crippen LogP contribution in [0.1, 0.15) is 32.6 Å². The number of Topliss-reactive ketones (excluding diaryl/α,β-unsaturated/α-hetero) is 1. The second kappa shape index (κ2) is 11.4. The molecule has 0 aliphatic rings. The molecule has 1 N–H and O–H groups in total. The largest absolute Gasteiger partial charge is 0.318 e. The van der Waals surface area contributed by atoms with Crippen molar-refractivity contribution in [1.82, 2.24) is 10.2 Å². The summed E-state index contributed by atoms with van der Waals surface area (Å²) in [4.78, 5) is 13.3. The Morgan fingerprint density at radius 3 is 2.44 bits per heavy atom. The number of ketones is 1. The lowest BCUT2D eigenvalue weighted by Crippen LogP contribution is -2.35. The maximum atomic E-state index is 11.1. The second-order valence-electron chi connectivity index (χ2n) is 4.22. The van der Waals surface area contributed by atoms with Gasteiger partial charge in [0.25, 0.3) is 0 Å². The first-order valence-corrected chi connectivity index (χ1v) is 6.81. The van der Waals surface area contributed by atoms with E-state index in [4.69, 9.17) is 0 Å². The lowest BCUT2D eigenvalue weighted by Gasteiger charge is -2.20. The molecule has 0 fully saturated rings. The topological polar surface area (TPSA) is 32.3 Å². The molecule has 0 amide bonds. The molecular weight excluding hydrogens is 220 g/mol. The van der Waals surface area contributed by atoms with Crippen LogP contribution in [0.2, 0.25) is 0 Å². The second-order valence-corrected chi connectivity index (χ2v) is 4.67. The summed E-state index contributed by atoms with van der Waals surface area (Å²) >= 11 is 4.19. The van der Waals surface area contributed by atoms with Gasteiger partial charge in [-0.1, -0.05) is 12.8 Å². The highest BCUT2D eigenvalue weighted by molar-refractivity contribution is 7.80. The molecule has 0 saturated heterocycles. The number of hydrogen-bond acceptors (Lipinski definition) is 4. The Bertz CT molecular complexity index is 176. The molecular formula is C12H26N2OS. The van der Waals surface area contributed by atoms with Gasteiger partial charge in [0.15, 0.2) is 0 Å². The van der Waals surface area contributed by atoms with Crippen molar-refractivity contribution in [1.29, 1.82) is 0 Å². The minimum absolute atomic E-state index is 0.256. The average molecular weight is 246 g/mol. The van der Waals surface area contributed by atoms with Gasteiger partial charge in [-0.05, 0) is 39.1 Å². The maximum absolute atomic E-state index is 11.1. The Hall–Kier alpha value is -0.0600. The lowest BCUT2D eigenvalue weighted by atomic mass is 10.2. The Balaban J connectivity index is 3.60. The van der Waals surface area contributed by atoms with Crippen LogP contribution in [0.3, 0.4) is 0 Å². The standard InChI is InChI=1S/C12H26N2OS/c1-12(15)11-14(9-7-13-2)8-5-3-4-6-10-16/h13,16H,3-11H2,1-2H3. The van der Waals surface area contributed by atoms with Crippen molar-refractivity contribution in [2.75, 3.05) is 39.0 Å². The van der Waals surface area contributed by atoms with E-state index in [2.05, 4.69) is 22.8 Å². The van der Waals surface area contributed by atoms with Gasteiger partial charge < -0.3 is 5.32 Å². The van der Waals surface area contributed by atoms with E-state index in [1.165, 1.54) is 25.7 Å². The Kier molecular flexibility index (Phi) is 11.4. The fraction of sp³-hybridized carbons (Fsp3) is 0.917. The zero-order valence-electron chi connectivity index (χ0n) is 10.7. The minimum Gasteiger partial charge on any atom is -0.318 e. The van der Waals surface area contributed by atoms with E-state index < -0.39 is 0 Å². The predicted octanol–water partition coefficient (Wildman–Crippen LogP) is 1.59. The lowest BCUT2D eigenvalue weighted by molar-refractivity contribution is -0.118. The fourth-order valence-electron chi connectivity index (χ4n) is 1.66. The van der Waals surface area contributed by atoms with Crippen molar-refractivity contribution >= 4 is 18.4 Å². The number of likely N-dealkylation sites (N-methyl/N-ethyl adjacent to an activating group) is 1. The quantitative estimate of drug-likeness (QED) is 0.429. The predicted molar refractivity (Wildman–Crippen MR) is 73.4 cm³/mol. The van der Waals surface area contributed by atoms with Gasteiger partial charge in [0.2, 0.25) is 0 Å². The third-order valence-corrected chi connectivity index (χ3v) is 2.82. The van der Waals surface area contributed by atoms with E-state index in [0.29, 0.717) is 6.54 Å². The van der Waals surface area contributed by atoms with Crippen molar-refractivity contribution in [3.05, 3.63) is 0 Å². The number of nitrogens with one attached hydrogen (secondary N) is 1. The molecule has 3 nitrogen and oxygen atoms in total. The molecule has 0 aliphatic carbocycles. The van der Waals surface area contributed by atoms with Crippen LogP contribution in [0, 0.1) is 0 Å². The van der Waals surface area contributed by atoms with Gasteiger partial charge in [-0.2, -0.15) is 12.6 Å². The molecule has 0 spiro atoms. The summed E-state index contributed by atoms with van der Waals surface area (Å²) in [5, 5.41) is 3.12. The monoisotopic (exact) mass is 246 g/mol. The molecule has 0 rings (SSSR count). The third-order valence-electron chi connectivity index (χ3n) is 2.51. The molecule has 16 heavy (non-hydrogen) atoms. The number of unbranched alkanes of at least 4 members (excludes halogenated alkanes) is 3. The van der Waals surface area contributed by atoms with Crippen LogP contribution < -0.4 is 5.32 Å². The molecule has 4 heteroatoms. The van der Waals surface area contributed by atoms with Crippen molar-refractivity contribution < 1.29 is 4.79 Å². The van der Waals surface area contributed by atoms with Gasteiger partial charge >= 0.3 is 0 Å². The molecule has 96 valence electrons. The number of hydrogen-bond donors (Lipinski definition) is 2. The average Bonchev–Trinajstić information content (AvgIpc) is 2.24. The van der Waals surface area contributed by atoms with E-state index in [1.807, 2.05) is 7.05 Å². The van der Waals surface area contributed by atoms with Crippen LogP contribution in [0.15, 0.2) is 0 Å². The first-order chi connectivity index (χ1) is 7.70. The summed E-state index contributed by atoms with van der Waals surface area (Å²) in [5.74, 6) is 1.24. The molecule has 0 aliphatic heterocycles. The first-order valence-electron chi connectivity index (χ1n) is 6.18. The minimum atomic E-state index is 0.256. The number of carbonyl (C=O) groups is 1. The zero-order chi connectivity index (χ0) is 12.2. The Morgan fingerprint density at radius 1 is 1.19 bits per heavy atom. The third kappa shape index (κ3) is 10.5. The van der Waals surface area contributed by atoms with Gasteiger partial charge in [-0.3, -0.25) is 9.69 Å². The number of rotatable bonds is 11.